The fourth-order valence-corrected chi connectivity index (χ4v) is 6.26. The van der Waals surface area contributed by atoms with Crippen molar-refractivity contribution in [2.75, 3.05) is 0 Å². The van der Waals surface area contributed by atoms with Gasteiger partial charge in [-0.25, -0.2) is 9.18 Å². The Kier molecular flexibility index (Phi) is 11.2. The minimum absolute atomic E-state index is 0.0623. The summed E-state index contributed by atoms with van der Waals surface area (Å²) >= 11 is 12.8. The summed E-state index contributed by atoms with van der Waals surface area (Å²) < 4.78 is 19.3. The van der Waals surface area contributed by atoms with Crippen LogP contribution in [0.1, 0.15) is 63.8 Å². The first kappa shape index (κ1) is 35.0. The van der Waals surface area contributed by atoms with Gasteiger partial charge in [0.2, 0.25) is 17.7 Å². The number of H-pyrrole nitrogens is 1. The molecule has 2 aromatic carbocycles. The number of carbonyl (C=O) groups excluding carboxylic acids is 4. The zero-order valence-electron chi connectivity index (χ0n) is 26.3. The van der Waals surface area contributed by atoms with E-state index in [2.05, 4.69) is 20.9 Å². The molecule has 0 fully saturated rings. The third-order valence-electron chi connectivity index (χ3n) is 8.51. The number of aromatic nitrogens is 1. The first-order valence-electron chi connectivity index (χ1n) is 15.3. The number of rotatable bonds is 12. The van der Waals surface area contributed by atoms with Gasteiger partial charge in [-0.2, -0.15) is 0 Å². The van der Waals surface area contributed by atoms with Crippen molar-refractivity contribution in [2.24, 2.45) is 17.6 Å². The van der Waals surface area contributed by atoms with Crippen molar-refractivity contribution in [2.45, 2.75) is 84.0 Å². The number of alkyl carbamates (subject to hydrolysis) is 1. The van der Waals surface area contributed by atoms with Crippen molar-refractivity contribution in [1.29, 1.82) is 0 Å². The Morgan fingerprint density at radius 2 is 1.76 bits per heavy atom. The van der Waals surface area contributed by atoms with Crippen LogP contribution in [0.3, 0.4) is 0 Å². The smallest absolute Gasteiger partial charge is 0.409 e. The van der Waals surface area contributed by atoms with Gasteiger partial charge in [-0.1, -0.05) is 69.5 Å². The van der Waals surface area contributed by atoms with Gasteiger partial charge < -0.3 is 31.4 Å². The molecule has 6 N–H and O–H groups in total. The lowest BCUT2D eigenvalue weighted by Gasteiger charge is -2.39. The fourth-order valence-electron chi connectivity index (χ4n) is 5.72. The number of nitrogens with two attached hydrogens (primary N) is 1. The molecule has 248 valence electrons. The molecular weight excluding hydrogens is 636 g/mol. The molecule has 1 aliphatic carbocycles. The number of hydrogen-bond acceptors (Lipinski definition) is 5. The third-order valence-corrected chi connectivity index (χ3v) is 9.03. The molecule has 1 unspecified atom stereocenters. The topological polar surface area (TPSA) is 155 Å². The summed E-state index contributed by atoms with van der Waals surface area (Å²) in [4.78, 5) is 55.7. The van der Waals surface area contributed by atoms with Gasteiger partial charge in [-0.3, -0.25) is 14.4 Å². The standard InChI is InChI=1S/C33H40Cl2FN5O5/c1-5-18(4)28(39-26(42)11-8-19-6-9-21(36)10-7-19)31(44)41-33(46-32(45)40-27(17(2)3)30(37)43)13-12-25-23(16-33)22-14-20(34)15-24(35)29(22)38-25/h6-7,9-10,14-15,17-18,27-28,38H,5,8,11-13,16H2,1-4H3,(H2,37,43)(H,39,42)(H,40,45)(H,41,44)/t18?,27-,28-,33+/m0/s1. The minimum atomic E-state index is -1.55. The van der Waals surface area contributed by atoms with Crippen molar-refractivity contribution in [3.63, 3.8) is 0 Å². The molecule has 0 radical (unpaired) electrons. The van der Waals surface area contributed by atoms with E-state index in [1.165, 1.54) is 12.1 Å². The number of nitrogens with one attached hydrogen (secondary N) is 4. The van der Waals surface area contributed by atoms with Crippen LogP contribution in [-0.4, -0.2) is 46.6 Å². The van der Waals surface area contributed by atoms with Gasteiger partial charge in [0.25, 0.3) is 0 Å². The first-order valence-corrected chi connectivity index (χ1v) is 16.1. The van der Waals surface area contributed by atoms with E-state index >= 15 is 0 Å². The van der Waals surface area contributed by atoms with Gasteiger partial charge >= 0.3 is 6.09 Å². The number of carbonyl (C=O) groups is 4. The summed E-state index contributed by atoms with van der Waals surface area (Å²) in [5.74, 6) is -2.57. The number of halogens is 3. The van der Waals surface area contributed by atoms with Crippen LogP contribution in [0.15, 0.2) is 36.4 Å². The number of amides is 4. The number of benzene rings is 2. The molecule has 0 saturated carbocycles. The molecule has 0 aliphatic heterocycles. The van der Waals surface area contributed by atoms with E-state index < -0.39 is 35.7 Å². The van der Waals surface area contributed by atoms with Gasteiger partial charge in [0.1, 0.15) is 17.9 Å². The molecular formula is C33H40Cl2FN5O5. The molecule has 46 heavy (non-hydrogen) atoms. The monoisotopic (exact) mass is 675 g/mol. The van der Waals surface area contributed by atoms with Gasteiger partial charge in [-0.05, 0) is 60.1 Å². The van der Waals surface area contributed by atoms with Crippen molar-refractivity contribution >= 4 is 57.9 Å². The van der Waals surface area contributed by atoms with Crippen LogP contribution in [0, 0.1) is 17.7 Å². The maximum absolute atomic E-state index is 14.0. The maximum atomic E-state index is 14.0. The van der Waals surface area contributed by atoms with Gasteiger partial charge in [0.05, 0.1) is 10.5 Å². The van der Waals surface area contributed by atoms with Crippen molar-refractivity contribution in [3.05, 3.63) is 69.1 Å². The summed E-state index contributed by atoms with van der Waals surface area (Å²) in [5.41, 5.74) is 7.03. The predicted octanol–water partition coefficient (Wildman–Crippen LogP) is 5.31. The highest BCUT2D eigenvalue weighted by molar-refractivity contribution is 6.38. The van der Waals surface area contributed by atoms with E-state index in [4.69, 9.17) is 33.7 Å². The molecule has 0 bridgehead atoms. The molecule has 4 rings (SSSR count). The normalized spacial score (nSPS) is 17.9. The Bertz CT molecular complexity index is 1610. The van der Waals surface area contributed by atoms with E-state index in [-0.39, 0.29) is 42.8 Å². The van der Waals surface area contributed by atoms with Crippen LogP contribution in [0.4, 0.5) is 9.18 Å². The zero-order valence-corrected chi connectivity index (χ0v) is 27.8. The maximum Gasteiger partial charge on any atom is 0.409 e. The summed E-state index contributed by atoms with van der Waals surface area (Å²) in [6, 6.07) is 7.30. The molecule has 1 heterocycles. The summed E-state index contributed by atoms with van der Waals surface area (Å²) in [7, 11) is 0. The van der Waals surface area contributed by atoms with E-state index in [1.54, 1.807) is 38.1 Å². The van der Waals surface area contributed by atoms with Gasteiger partial charge in [0, 0.05) is 35.4 Å². The Morgan fingerprint density at radius 3 is 2.39 bits per heavy atom. The predicted molar refractivity (Wildman–Crippen MR) is 175 cm³/mol. The van der Waals surface area contributed by atoms with E-state index in [9.17, 15) is 23.6 Å². The summed E-state index contributed by atoms with van der Waals surface area (Å²) in [6.07, 6.45) is 0.717. The molecule has 4 amide bonds. The largest absolute Gasteiger partial charge is 0.423 e. The molecule has 0 spiro atoms. The van der Waals surface area contributed by atoms with Gasteiger partial charge in [-0.15, -0.1) is 0 Å². The van der Waals surface area contributed by atoms with Gasteiger partial charge in [0.15, 0.2) is 5.72 Å². The Balaban J connectivity index is 1.61. The number of aromatic amines is 1. The number of primary amides is 1. The van der Waals surface area contributed by atoms with Crippen molar-refractivity contribution in [3.8, 4) is 0 Å². The lowest BCUT2D eigenvalue weighted by molar-refractivity contribution is -0.137. The Labute approximate surface area is 277 Å². The highest BCUT2D eigenvalue weighted by atomic mass is 35.5. The second-order valence-corrected chi connectivity index (χ2v) is 13.1. The third kappa shape index (κ3) is 8.30. The number of aryl methyl sites for hydroxylation is 2. The van der Waals surface area contributed by atoms with Crippen LogP contribution in [0.5, 0.6) is 0 Å². The molecule has 1 aromatic heterocycles. The van der Waals surface area contributed by atoms with E-state index in [0.29, 0.717) is 34.8 Å². The molecule has 13 heteroatoms. The SMILES string of the molecule is CCC(C)[C@H](NC(=O)CCc1ccc(F)cc1)C(=O)N[C@@]1(OC(=O)N[C@H](C(N)=O)C(C)C)CCc2[nH]c3c(Cl)cc(Cl)cc3c2C1. The second-order valence-electron chi connectivity index (χ2n) is 12.3. The van der Waals surface area contributed by atoms with Crippen LogP contribution in [-0.2, 0) is 38.4 Å². The van der Waals surface area contributed by atoms with E-state index in [0.717, 1.165) is 22.2 Å². The highest BCUT2D eigenvalue weighted by Gasteiger charge is 2.44. The van der Waals surface area contributed by atoms with Crippen LogP contribution in [0.25, 0.3) is 10.9 Å². The van der Waals surface area contributed by atoms with Crippen molar-refractivity contribution in [1.82, 2.24) is 20.9 Å². The van der Waals surface area contributed by atoms with Crippen LogP contribution < -0.4 is 21.7 Å². The summed E-state index contributed by atoms with van der Waals surface area (Å²) in [6.45, 7) is 7.20. The fraction of sp³-hybridized carbons (Fsp3) is 0.455. The molecule has 4 atom stereocenters. The number of hydrogen-bond donors (Lipinski definition) is 5. The lowest BCUT2D eigenvalue weighted by Crippen LogP contribution is -2.62. The summed E-state index contributed by atoms with van der Waals surface area (Å²) in [5, 5.41) is 9.89. The molecule has 0 saturated heterocycles. The Hall–Kier alpha value is -3.83. The number of fused-ring (bicyclic) bond motifs is 3. The number of ether oxygens (including phenoxy) is 1. The van der Waals surface area contributed by atoms with E-state index in [1.807, 2.05) is 13.8 Å². The molecule has 10 nitrogen and oxygen atoms in total. The van der Waals surface area contributed by atoms with Crippen LogP contribution in [0.2, 0.25) is 10.0 Å². The quantitative estimate of drug-likeness (QED) is 0.165. The lowest BCUT2D eigenvalue weighted by atomic mass is 9.87. The molecule has 3 aromatic rings. The van der Waals surface area contributed by atoms with Crippen LogP contribution >= 0.6 is 23.2 Å². The molecule has 1 aliphatic rings. The van der Waals surface area contributed by atoms with Crippen molar-refractivity contribution < 1.29 is 28.3 Å². The minimum Gasteiger partial charge on any atom is -0.423 e. The zero-order chi connectivity index (χ0) is 33.8. The first-order chi connectivity index (χ1) is 21.7. The average Bonchev–Trinajstić information content (AvgIpc) is 3.35. The Morgan fingerprint density at radius 1 is 1.07 bits per heavy atom. The second kappa shape index (κ2) is 14.7. The average molecular weight is 677 g/mol. The highest BCUT2D eigenvalue weighted by Crippen LogP contribution is 2.38.